The molecule has 1 aliphatic heterocycles. The van der Waals surface area contributed by atoms with Crippen LogP contribution in [0.4, 0.5) is 0 Å². The SMILES string of the molecule is CC(=O)OCNC(=O)CNC(=O)C(C)NC(=O)CNC(=O)CCCCCN1C(=O)C=CC1=O. The van der Waals surface area contributed by atoms with E-state index >= 15 is 0 Å². The molecule has 0 spiro atoms. The lowest BCUT2D eigenvalue weighted by Gasteiger charge is -2.14. The van der Waals surface area contributed by atoms with Crippen molar-refractivity contribution in [2.45, 2.75) is 45.6 Å². The van der Waals surface area contributed by atoms with Crippen LogP contribution in [0.5, 0.6) is 0 Å². The summed E-state index contributed by atoms with van der Waals surface area (Å²) >= 11 is 0. The summed E-state index contributed by atoms with van der Waals surface area (Å²) in [6.07, 6.45) is 4.33. The highest BCUT2D eigenvalue weighted by molar-refractivity contribution is 6.12. The number of carbonyl (C=O) groups excluding carboxylic acids is 7. The summed E-state index contributed by atoms with van der Waals surface area (Å²) in [4.78, 5) is 81.6. The summed E-state index contributed by atoms with van der Waals surface area (Å²) < 4.78 is 4.53. The fraction of sp³-hybridized carbons (Fsp3) is 0.550. The van der Waals surface area contributed by atoms with Crippen LogP contribution in [0.25, 0.3) is 0 Å². The van der Waals surface area contributed by atoms with Crippen LogP contribution in [0, 0.1) is 0 Å². The monoisotopic (exact) mass is 467 g/mol. The third kappa shape index (κ3) is 11.4. The standard InChI is InChI=1S/C20H29N5O8/c1-13(20(32)22-10-16(28)23-12-33-14(2)26)24-17(29)11-21-15(27)6-4-3-5-9-25-18(30)7-8-19(25)31/h7-8,13H,3-6,9-12H2,1-2H3,(H,21,27)(H,22,32)(H,23,28)(H,24,29). The van der Waals surface area contributed by atoms with E-state index in [-0.39, 0.29) is 44.0 Å². The number of ether oxygens (including phenoxy) is 1. The molecule has 0 saturated heterocycles. The number of esters is 1. The maximum atomic E-state index is 11.9. The van der Waals surface area contributed by atoms with Crippen molar-refractivity contribution in [2.24, 2.45) is 0 Å². The van der Waals surface area contributed by atoms with Gasteiger partial charge in [-0.3, -0.25) is 38.5 Å². The Kier molecular flexibility index (Phi) is 11.8. The zero-order valence-electron chi connectivity index (χ0n) is 18.6. The van der Waals surface area contributed by atoms with E-state index in [0.29, 0.717) is 25.8 Å². The Morgan fingerprint density at radius 3 is 2.15 bits per heavy atom. The Balaban J connectivity index is 2.11. The predicted octanol–water partition coefficient (Wildman–Crippen LogP) is -2.15. The maximum Gasteiger partial charge on any atom is 0.304 e. The average Bonchev–Trinajstić information content (AvgIpc) is 3.07. The summed E-state index contributed by atoms with van der Waals surface area (Å²) in [6.45, 7) is 1.89. The summed E-state index contributed by atoms with van der Waals surface area (Å²) in [5.41, 5.74) is 0. The van der Waals surface area contributed by atoms with Crippen LogP contribution in [0.1, 0.15) is 39.5 Å². The molecule has 0 aromatic carbocycles. The number of imide groups is 1. The lowest BCUT2D eigenvalue weighted by molar-refractivity contribution is -0.143. The Morgan fingerprint density at radius 1 is 0.879 bits per heavy atom. The Bertz CT molecular complexity index is 792. The molecule has 0 radical (unpaired) electrons. The molecule has 0 aliphatic carbocycles. The molecule has 1 aliphatic rings. The Hall–Kier alpha value is -3.77. The van der Waals surface area contributed by atoms with E-state index in [1.807, 2.05) is 0 Å². The second kappa shape index (κ2) is 14.3. The van der Waals surface area contributed by atoms with Gasteiger partial charge in [-0.25, -0.2) is 0 Å². The topological polar surface area (TPSA) is 180 Å². The molecule has 1 heterocycles. The van der Waals surface area contributed by atoms with Crippen LogP contribution >= 0.6 is 0 Å². The van der Waals surface area contributed by atoms with E-state index in [9.17, 15) is 33.6 Å². The van der Waals surface area contributed by atoms with Crippen molar-refractivity contribution >= 4 is 41.4 Å². The molecule has 0 saturated carbocycles. The molecule has 6 amide bonds. The zero-order valence-corrected chi connectivity index (χ0v) is 18.6. The van der Waals surface area contributed by atoms with Gasteiger partial charge in [-0.1, -0.05) is 6.42 Å². The number of unbranched alkanes of at least 4 members (excludes halogenated alkanes) is 2. The molecule has 1 unspecified atom stereocenters. The van der Waals surface area contributed by atoms with Crippen LogP contribution in [-0.4, -0.2) is 78.7 Å². The summed E-state index contributed by atoms with van der Waals surface area (Å²) in [7, 11) is 0. The van der Waals surface area contributed by atoms with Crippen LogP contribution < -0.4 is 21.3 Å². The van der Waals surface area contributed by atoms with Gasteiger partial charge in [0.1, 0.15) is 6.04 Å². The number of hydrogen-bond acceptors (Lipinski definition) is 8. The normalized spacial score (nSPS) is 13.3. The molecular weight excluding hydrogens is 438 g/mol. The third-order valence-electron chi connectivity index (χ3n) is 4.37. The van der Waals surface area contributed by atoms with Crippen LogP contribution in [-0.2, 0) is 38.3 Å². The minimum Gasteiger partial charge on any atom is -0.445 e. The van der Waals surface area contributed by atoms with Crippen LogP contribution in [0.2, 0.25) is 0 Å². The first-order valence-electron chi connectivity index (χ1n) is 10.4. The number of nitrogens with one attached hydrogen (secondary N) is 4. The molecular formula is C20H29N5O8. The largest absolute Gasteiger partial charge is 0.445 e. The number of rotatable bonds is 14. The first kappa shape index (κ1) is 27.3. The number of hydrogen-bond donors (Lipinski definition) is 4. The van der Waals surface area contributed by atoms with E-state index in [0.717, 1.165) is 4.90 Å². The first-order chi connectivity index (χ1) is 15.6. The first-order valence-corrected chi connectivity index (χ1v) is 10.4. The molecule has 1 rings (SSSR count). The van der Waals surface area contributed by atoms with Gasteiger partial charge in [-0.05, 0) is 19.8 Å². The molecule has 0 bridgehead atoms. The average molecular weight is 467 g/mol. The van der Waals surface area contributed by atoms with Crippen molar-refractivity contribution in [3.05, 3.63) is 12.2 Å². The third-order valence-corrected chi connectivity index (χ3v) is 4.37. The smallest absolute Gasteiger partial charge is 0.304 e. The Morgan fingerprint density at radius 2 is 1.52 bits per heavy atom. The minimum atomic E-state index is -0.943. The predicted molar refractivity (Wildman–Crippen MR) is 113 cm³/mol. The van der Waals surface area contributed by atoms with Crippen molar-refractivity contribution in [2.75, 3.05) is 26.4 Å². The van der Waals surface area contributed by atoms with Gasteiger partial charge < -0.3 is 26.0 Å². The van der Waals surface area contributed by atoms with Gasteiger partial charge >= 0.3 is 5.97 Å². The highest BCUT2D eigenvalue weighted by Gasteiger charge is 2.22. The maximum absolute atomic E-state index is 11.9. The lowest BCUT2D eigenvalue weighted by Crippen LogP contribution is -2.49. The van der Waals surface area contributed by atoms with Crippen LogP contribution in [0.15, 0.2) is 12.2 Å². The van der Waals surface area contributed by atoms with Gasteiger partial charge in [-0.15, -0.1) is 0 Å². The van der Waals surface area contributed by atoms with Crippen molar-refractivity contribution < 1.29 is 38.3 Å². The van der Waals surface area contributed by atoms with Crippen LogP contribution in [0.3, 0.4) is 0 Å². The number of amides is 6. The van der Waals surface area contributed by atoms with E-state index < -0.39 is 29.7 Å². The second-order valence-corrected chi connectivity index (χ2v) is 7.14. The summed E-state index contributed by atoms with van der Waals surface area (Å²) in [6, 6.07) is -0.943. The lowest BCUT2D eigenvalue weighted by atomic mass is 10.2. The fourth-order valence-electron chi connectivity index (χ4n) is 2.61. The molecule has 0 fully saturated rings. The van der Waals surface area contributed by atoms with Crippen molar-refractivity contribution in [3.63, 3.8) is 0 Å². The van der Waals surface area contributed by atoms with Gasteiger partial charge in [0.15, 0.2) is 6.73 Å². The van der Waals surface area contributed by atoms with Gasteiger partial charge in [-0.2, -0.15) is 0 Å². The van der Waals surface area contributed by atoms with E-state index in [1.165, 1.54) is 26.0 Å². The molecule has 0 aromatic rings. The number of nitrogens with zero attached hydrogens (tertiary/aromatic N) is 1. The van der Waals surface area contributed by atoms with E-state index in [4.69, 9.17) is 0 Å². The van der Waals surface area contributed by atoms with Crippen molar-refractivity contribution in [3.8, 4) is 0 Å². The van der Waals surface area contributed by atoms with E-state index in [1.54, 1.807) is 0 Å². The second-order valence-electron chi connectivity index (χ2n) is 7.14. The molecule has 4 N–H and O–H groups in total. The minimum absolute atomic E-state index is 0.173. The zero-order chi connectivity index (χ0) is 24.8. The molecule has 1 atom stereocenters. The molecule has 182 valence electrons. The van der Waals surface area contributed by atoms with Crippen molar-refractivity contribution in [1.29, 1.82) is 0 Å². The van der Waals surface area contributed by atoms with Gasteiger partial charge in [0, 0.05) is 32.0 Å². The molecule has 13 heteroatoms. The number of carbonyl (C=O) groups is 7. The molecule has 13 nitrogen and oxygen atoms in total. The van der Waals surface area contributed by atoms with Gasteiger partial charge in [0.25, 0.3) is 11.8 Å². The van der Waals surface area contributed by atoms with E-state index in [2.05, 4.69) is 26.0 Å². The van der Waals surface area contributed by atoms with Gasteiger partial charge in [0.05, 0.1) is 13.1 Å². The van der Waals surface area contributed by atoms with Crippen molar-refractivity contribution in [1.82, 2.24) is 26.2 Å². The Labute approximate surface area is 190 Å². The highest BCUT2D eigenvalue weighted by Crippen LogP contribution is 2.07. The molecule has 33 heavy (non-hydrogen) atoms. The fourth-order valence-corrected chi connectivity index (χ4v) is 2.61. The molecule has 0 aromatic heterocycles. The van der Waals surface area contributed by atoms with Gasteiger partial charge in [0.2, 0.25) is 23.6 Å². The summed E-state index contributed by atoms with van der Waals surface area (Å²) in [5.74, 6) is -3.35. The quantitative estimate of drug-likeness (QED) is 0.0965. The summed E-state index contributed by atoms with van der Waals surface area (Å²) in [5, 5.41) is 9.40. The highest BCUT2D eigenvalue weighted by atomic mass is 16.5.